The molecule has 9 heteroatoms. The molecule has 0 radical (unpaired) electrons. The fourth-order valence-electron chi connectivity index (χ4n) is 4.54. The predicted molar refractivity (Wildman–Crippen MR) is 127 cm³/mol. The van der Waals surface area contributed by atoms with Crippen molar-refractivity contribution in [1.29, 1.82) is 0 Å². The highest BCUT2D eigenvalue weighted by molar-refractivity contribution is 6.30. The van der Waals surface area contributed by atoms with Crippen molar-refractivity contribution in [2.45, 2.75) is 33.1 Å². The average molecular weight is 480 g/mol. The summed E-state index contributed by atoms with van der Waals surface area (Å²) in [6.45, 7) is 6.58. The summed E-state index contributed by atoms with van der Waals surface area (Å²) in [6, 6.07) is 13.4. The van der Waals surface area contributed by atoms with Gasteiger partial charge in [0.2, 0.25) is 0 Å². The number of halogens is 1. The van der Waals surface area contributed by atoms with Crippen LogP contribution in [0.3, 0.4) is 0 Å². The molecule has 0 saturated carbocycles. The highest BCUT2D eigenvalue weighted by Crippen LogP contribution is 2.28. The molecule has 176 valence electrons. The minimum atomic E-state index is -0.173. The molecule has 1 saturated heterocycles. The number of nitrogens with zero attached hydrogens (tertiary/aromatic N) is 5. The molecule has 34 heavy (non-hydrogen) atoms. The number of amides is 2. The van der Waals surface area contributed by atoms with Crippen LogP contribution in [-0.2, 0) is 17.9 Å². The molecule has 2 aliphatic rings. The summed E-state index contributed by atoms with van der Waals surface area (Å²) < 4.78 is 7.76. The van der Waals surface area contributed by atoms with Gasteiger partial charge in [-0.05, 0) is 43.2 Å². The van der Waals surface area contributed by atoms with E-state index in [1.165, 1.54) is 0 Å². The number of piperazine rings is 1. The van der Waals surface area contributed by atoms with E-state index in [9.17, 15) is 9.59 Å². The molecule has 1 fully saturated rings. The molecular formula is C25H26ClN5O3. The third-order valence-corrected chi connectivity index (χ3v) is 6.76. The minimum absolute atomic E-state index is 0.00674. The Bertz CT molecular complexity index is 1230. The summed E-state index contributed by atoms with van der Waals surface area (Å²) in [7, 11) is 0. The van der Waals surface area contributed by atoms with Crippen molar-refractivity contribution in [2.75, 3.05) is 26.2 Å². The number of benzene rings is 2. The number of carbonyl (C=O) groups is 2. The second-order valence-corrected chi connectivity index (χ2v) is 9.26. The van der Waals surface area contributed by atoms with Gasteiger partial charge in [-0.25, -0.2) is 4.68 Å². The second kappa shape index (κ2) is 9.19. The Kier molecular flexibility index (Phi) is 6.10. The molecule has 0 spiro atoms. The SMILES string of the molecule is Cc1ccc(C(=O)N2CCN(C(=O)c3nnn4c3CO[C@H](c3ccc(Cl)cc3)C4)CC2)c(C)c1. The maximum atomic E-state index is 13.2. The Morgan fingerprint density at radius 3 is 2.32 bits per heavy atom. The topological polar surface area (TPSA) is 80.6 Å². The van der Waals surface area contributed by atoms with E-state index >= 15 is 0 Å². The maximum Gasteiger partial charge on any atom is 0.276 e. The molecule has 0 bridgehead atoms. The Morgan fingerprint density at radius 2 is 1.65 bits per heavy atom. The summed E-state index contributed by atoms with van der Waals surface area (Å²) in [5.74, 6) is -0.166. The van der Waals surface area contributed by atoms with Gasteiger partial charge in [-0.15, -0.1) is 5.10 Å². The third kappa shape index (κ3) is 4.31. The van der Waals surface area contributed by atoms with E-state index in [0.29, 0.717) is 54.7 Å². The highest BCUT2D eigenvalue weighted by atomic mass is 35.5. The molecule has 5 rings (SSSR count). The summed E-state index contributed by atoms with van der Waals surface area (Å²) in [5, 5.41) is 9.06. The number of ether oxygens (including phenoxy) is 1. The fraction of sp³-hybridized carbons (Fsp3) is 0.360. The van der Waals surface area contributed by atoms with E-state index in [4.69, 9.17) is 16.3 Å². The smallest absolute Gasteiger partial charge is 0.276 e. The van der Waals surface area contributed by atoms with E-state index in [0.717, 1.165) is 16.7 Å². The van der Waals surface area contributed by atoms with Crippen LogP contribution in [0.15, 0.2) is 42.5 Å². The first kappa shape index (κ1) is 22.6. The maximum absolute atomic E-state index is 13.2. The van der Waals surface area contributed by atoms with Gasteiger partial charge in [-0.1, -0.05) is 46.6 Å². The van der Waals surface area contributed by atoms with Crippen molar-refractivity contribution in [2.24, 2.45) is 0 Å². The van der Waals surface area contributed by atoms with Gasteiger partial charge < -0.3 is 14.5 Å². The highest BCUT2D eigenvalue weighted by Gasteiger charge is 2.32. The van der Waals surface area contributed by atoms with E-state index in [2.05, 4.69) is 10.3 Å². The molecule has 2 amide bonds. The average Bonchev–Trinajstić information content (AvgIpc) is 3.27. The molecule has 2 aromatic carbocycles. The van der Waals surface area contributed by atoms with Gasteiger partial charge in [-0.2, -0.15) is 0 Å². The zero-order valence-electron chi connectivity index (χ0n) is 19.2. The fourth-order valence-corrected chi connectivity index (χ4v) is 4.67. The first-order valence-corrected chi connectivity index (χ1v) is 11.7. The van der Waals surface area contributed by atoms with E-state index < -0.39 is 0 Å². The zero-order chi connectivity index (χ0) is 23.8. The number of aryl methyl sites for hydroxylation is 2. The molecule has 0 N–H and O–H groups in total. The number of hydrogen-bond acceptors (Lipinski definition) is 5. The van der Waals surface area contributed by atoms with Crippen LogP contribution in [0.5, 0.6) is 0 Å². The third-order valence-electron chi connectivity index (χ3n) is 6.51. The van der Waals surface area contributed by atoms with Crippen molar-refractivity contribution in [1.82, 2.24) is 24.8 Å². The molecule has 3 aromatic rings. The lowest BCUT2D eigenvalue weighted by molar-refractivity contribution is -0.00202. The van der Waals surface area contributed by atoms with Crippen LogP contribution < -0.4 is 0 Å². The summed E-state index contributed by atoms with van der Waals surface area (Å²) in [5.41, 5.74) is 4.82. The monoisotopic (exact) mass is 479 g/mol. The Balaban J connectivity index is 1.23. The number of aromatic nitrogens is 3. The lowest BCUT2D eigenvalue weighted by Crippen LogP contribution is -2.51. The first-order chi connectivity index (χ1) is 16.4. The van der Waals surface area contributed by atoms with Crippen LogP contribution >= 0.6 is 11.6 Å². The van der Waals surface area contributed by atoms with Gasteiger partial charge >= 0.3 is 0 Å². The molecule has 2 aliphatic heterocycles. The van der Waals surface area contributed by atoms with E-state index in [1.54, 1.807) is 9.58 Å². The largest absolute Gasteiger partial charge is 0.365 e. The number of rotatable bonds is 3. The van der Waals surface area contributed by atoms with Gasteiger partial charge in [0, 0.05) is 36.8 Å². The lowest BCUT2D eigenvalue weighted by Gasteiger charge is -2.35. The first-order valence-electron chi connectivity index (χ1n) is 11.4. The van der Waals surface area contributed by atoms with Crippen molar-refractivity contribution in [3.63, 3.8) is 0 Å². The quantitative estimate of drug-likeness (QED) is 0.575. The van der Waals surface area contributed by atoms with Crippen LogP contribution in [0.1, 0.15) is 49.3 Å². The zero-order valence-corrected chi connectivity index (χ0v) is 20.0. The van der Waals surface area contributed by atoms with Crippen LogP contribution in [-0.4, -0.2) is 62.8 Å². The molecule has 8 nitrogen and oxygen atoms in total. The summed E-state index contributed by atoms with van der Waals surface area (Å²) >= 11 is 5.98. The lowest BCUT2D eigenvalue weighted by atomic mass is 10.0. The predicted octanol–water partition coefficient (Wildman–Crippen LogP) is 3.42. The molecule has 0 unspecified atom stereocenters. The van der Waals surface area contributed by atoms with Crippen LogP contribution in [0.2, 0.25) is 5.02 Å². The number of carbonyl (C=O) groups excluding carboxylic acids is 2. The minimum Gasteiger partial charge on any atom is -0.365 e. The van der Waals surface area contributed by atoms with Crippen LogP contribution in [0.4, 0.5) is 0 Å². The Morgan fingerprint density at radius 1 is 0.971 bits per heavy atom. The van der Waals surface area contributed by atoms with Gasteiger partial charge in [0.25, 0.3) is 11.8 Å². The molecule has 1 atom stereocenters. The molecular weight excluding hydrogens is 454 g/mol. The van der Waals surface area contributed by atoms with Crippen LogP contribution in [0.25, 0.3) is 0 Å². The number of hydrogen-bond donors (Lipinski definition) is 0. The van der Waals surface area contributed by atoms with Crippen molar-refractivity contribution < 1.29 is 14.3 Å². The molecule has 3 heterocycles. The van der Waals surface area contributed by atoms with Gasteiger partial charge in [0.05, 0.1) is 18.8 Å². The summed E-state index contributed by atoms with van der Waals surface area (Å²) in [4.78, 5) is 29.7. The molecule has 1 aromatic heterocycles. The Labute approximate surface area is 203 Å². The number of fused-ring (bicyclic) bond motifs is 1. The van der Waals surface area contributed by atoms with Gasteiger partial charge in [0.15, 0.2) is 5.69 Å². The Hall–Kier alpha value is -3.23. The van der Waals surface area contributed by atoms with E-state index in [1.807, 2.05) is 61.2 Å². The van der Waals surface area contributed by atoms with E-state index in [-0.39, 0.29) is 24.5 Å². The summed E-state index contributed by atoms with van der Waals surface area (Å²) in [6.07, 6.45) is -0.172. The van der Waals surface area contributed by atoms with Crippen molar-refractivity contribution in [3.05, 3.63) is 81.1 Å². The van der Waals surface area contributed by atoms with Crippen LogP contribution in [0, 0.1) is 13.8 Å². The standard InChI is InChI=1S/C25H26ClN5O3/c1-16-3-8-20(17(2)13-16)24(32)29-9-11-30(12-10-29)25(33)23-21-15-34-22(14-31(21)28-27-23)18-4-6-19(26)7-5-18/h3-8,13,22H,9-12,14-15H2,1-2H3/t22-/m0/s1. The normalized spacial score (nSPS) is 18.0. The van der Waals surface area contributed by atoms with Gasteiger partial charge in [-0.3, -0.25) is 9.59 Å². The van der Waals surface area contributed by atoms with Crippen molar-refractivity contribution >= 4 is 23.4 Å². The second-order valence-electron chi connectivity index (χ2n) is 8.82. The van der Waals surface area contributed by atoms with Gasteiger partial charge in [0.1, 0.15) is 6.10 Å². The molecule has 0 aliphatic carbocycles. The van der Waals surface area contributed by atoms with Crippen molar-refractivity contribution in [3.8, 4) is 0 Å².